The van der Waals surface area contributed by atoms with Gasteiger partial charge in [0.25, 0.3) is 10.0 Å². The van der Waals surface area contributed by atoms with E-state index in [2.05, 4.69) is 4.98 Å². The molecule has 4 rings (SSSR count). The van der Waals surface area contributed by atoms with E-state index in [-0.39, 0.29) is 38.7 Å². The van der Waals surface area contributed by atoms with Crippen molar-refractivity contribution >= 4 is 27.0 Å². The molecule has 0 amide bonds. The van der Waals surface area contributed by atoms with Crippen LogP contribution in [0.1, 0.15) is 58.6 Å². The van der Waals surface area contributed by atoms with Crippen molar-refractivity contribution in [3.05, 3.63) is 94.8 Å². The third-order valence-electron chi connectivity index (χ3n) is 5.76. The first-order valence-electron chi connectivity index (χ1n) is 10.7. The van der Waals surface area contributed by atoms with Gasteiger partial charge in [-0.05, 0) is 46.9 Å². The number of fused-ring (bicyclic) bond motifs is 1. The molecule has 0 aliphatic carbocycles. The number of alkyl halides is 3. The van der Waals surface area contributed by atoms with E-state index in [9.17, 15) is 36.6 Å². The van der Waals surface area contributed by atoms with Gasteiger partial charge in [0.15, 0.2) is 5.65 Å². The van der Waals surface area contributed by atoms with Gasteiger partial charge in [-0.3, -0.25) is 0 Å². The number of aliphatic hydroxyl groups is 1. The number of aliphatic hydroxyl groups excluding tert-OH is 1. The van der Waals surface area contributed by atoms with Gasteiger partial charge in [0.1, 0.15) is 6.10 Å². The van der Waals surface area contributed by atoms with E-state index in [0.29, 0.717) is 6.20 Å². The van der Waals surface area contributed by atoms with Crippen LogP contribution >= 0.6 is 0 Å². The Labute approximate surface area is 204 Å². The van der Waals surface area contributed by atoms with E-state index in [4.69, 9.17) is 0 Å². The number of carboxylic acid groups (broad SMARTS) is 1. The molecule has 188 valence electrons. The van der Waals surface area contributed by atoms with Crippen molar-refractivity contribution in [2.45, 2.75) is 36.9 Å². The fourth-order valence-electron chi connectivity index (χ4n) is 3.80. The molecule has 0 saturated carbocycles. The molecular formula is C25H20F3N2O5S-. The van der Waals surface area contributed by atoms with Crippen LogP contribution in [-0.2, 0) is 16.2 Å². The van der Waals surface area contributed by atoms with Crippen LogP contribution in [0, 0.1) is 0 Å². The van der Waals surface area contributed by atoms with Crippen LogP contribution in [0.15, 0.2) is 71.8 Å². The van der Waals surface area contributed by atoms with Gasteiger partial charge in [0.05, 0.1) is 22.1 Å². The molecule has 11 heteroatoms. The van der Waals surface area contributed by atoms with Crippen LogP contribution in [0.5, 0.6) is 0 Å². The lowest BCUT2D eigenvalue weighted by molar-refractivity contribution is -0.255. The highest BCUT2D eigenvalue weighted by atomic mass is 32.2. The summed E-state index contributed by atoms with van der Waals surface area (Å²) in [6.07, 6.45) is -5.82. The summed E-state index contributed by atoms with van der Waals surface area (Å²) in [7, 11) is -4.42. The molecule has 0 saturated heterocycles. The van der Waals surface area contributed by atoms with E-state index in [1.54, 1.807) is 12.1 Å². The quantitative estimate of drug-likeness (QED) is 0.416. The molecule has 2 heterocycles. The van der Waals surface area contributed by atoms with Crippen LogP contribution in [0.2, 0.25) is 0 Å². The van der Waals surface area contributed by atoms with Crippen molar-refractivity contribution in [3.8, 4) is 0 Å². The second-order valence-corrected chi connectivity index (χ2v) is 10.3. The Morgan fingerprint density at radius 3 is 2.28 bits per heavy atom. The third-order valence-corrected chi connectivity index (χ3v) is 7.47. The van der Waals surface area contributed by atoms with Crippen LogP contribution in [0.4, 0.5) is 13.2 Å². The van der Waals surface area contributed by atoms with Crippen molar-refractivity contribution in [3.63, 3.8) is 0 Å². The number of hydrogen-bond donors (Lipinski definition) is 1. The number of carbonyl (C=O) groups excluding carboxylic acids is 1. The van der Waals surface area contributed by atoms with Gasteiger partial charge < -0.3 is 15.0 Å². The van der Waals surface area contributed by atoms with Crippen molar-refractivity contribution in [2.24, 2.45) is 0 Å². The Balaban J connectivity index is 1.96. The zero-order valence-corrected chi connectivity index (χ0v) is 19.8. The number of aromatic nitrogens is 2. The first-order valence-corrected chi connectivity index (χ1v) is 12.2. The van der Waals surface area contributed by atoms with Gasteiger partial charge in [-0.15, -0.1) is 0 Å². The SMILES string of the molecule is CC(C)c1cccc(S(=O)(=O)n2c(C(O)c3ccc(C(=O)[O-])cc3)cc3cc(C(F)(F)F)cnc32)c1. The standard InChI is InChI=1S/C25H21F3N2O5S/c1-14(2)17-4-3-5-20(11-17)36(34,35)30-21(22(31)15-6-8-16(9-7-15)24(32)33)12-18-10-19(25(26,27)28)13-29-23(18)30/h3-14,22,31H,1-2H3,(H,32,33)/p-1. The molecule has 0 bridgehead atoms. The fourth-order valence-corrected chi connectivity index (χ4v) is 5.36. The maximum absolute atomic E-state index is 13.8. The summed E-state index contributed by atoms with van der Waals surface area (Å²) in [4.78, 5) is 14.7. The normalized spacial score (nSPS) is 13.3. The average molecular weight is 518 g/mol. The molecule has 0 fully saturated rings. The summed E-state index contributed by atoms with van der Waals surface area (Å²) in [5, 5.41) is 22.0. The number of carbonyl (C=O) groups is 1. The minimum absolute atomic E-state index is 0.00123. The van der Waals surface area contributed by atoms with Crippen molar-refractivity contribution in [1.82, 2.24) is 8.96 Å². The first-order chi connectivity index (χ1) is 16.8. The van der Waals surface area contributed by atoms with Crippen LogP contribution in [-0.4, -0.2) is 28.5 Å². The number of pyridine rings is 1. The topological polar surface area (TPSA) is 112 Å². The Bertz CT molecular complexity index is 1560. The summed E-state index contributed by atoms with van der Waals surface area (Å²) in [6.45, 7) is 3.75. The van der Waals surface area contributed by atoms with Crippen LogP contribution < -0.4 is 5.11 Å². The number of rotatable bonds is 6. The second-order valence-electron chi connectivity index (χ2n) is 8.51. The van der Waals surface area contributed by atoms with Gasteiger partial charge in [-0.25, -0.2) is 17.4 Å². The Hall–Kier alpha value is -3.70. The number of carboxylic acids is 1. The van der Waals surface area contributed by atoms with Crippen molar-refractivity contribution in [2.75, 3.05) is 0 Å². The zero-order valence-electron chi connectivity index (χ0n) is 19.0. The molecule has 0 spiro atoms. The number of aromatic carboxylic acids is 1. The Morgan fingerprint density at radius 2 is 1.69 bits per heavy atom. The highest BCUT2D eigenvalue weighted by Gasteiger charge is 2.33. The third kappa shape index (κ3) is 4.59. The maximum atomic E-state index is 13.8. The van der Waals surface area contributed by atoms with E-state index in [1.165, 1.54) is 36.4 Å². The van der Waals surface area contributed by atoms with Gasteiger partial charge >= 0.3 is 6.18 Å². The van der Waals surface area contributed by atoms with Crippen LogP contribution in [0.3, 0.4) is 0 Å². The molecule has 36 heavy (non-hydrogen) atoms. The number of nitrogens with zero attached hydrogens (tertiary/aromatic N) is 2. The highest BCUT2D eigenvalue weighted by Crippen LogP contribution is 2.35. The number of halogens is 3. The van der Waals surface area contributed by atoms with Crippen molar-refractivity contribution in [1.29, 1.82) is 0 Å². The summed E-state index contributed by atoms with van der Waals surface area (Å²) in [5.41, 5.74) is -0.954. The minimum atomic E-state index is -4.72. The predicted octanol–water partition coefficient (Wildman–Crippen LogP) is 3.86. The predicted molar refractivity (Wildman–Crippen MR) is 123 cm³/mol. The largest absolute Gasteiger partial charge is 0.545 e. The van der Waals surface area contributed by atoms with Crippen LogP contribution in [0.25, 0.3) is 11.0 Å². The molecule has 1 unspecified atom stereocenters. The zero-order chi connectivity index (χ0) is 26.4. The smallest absolute Gasteiger partial charge is 0.417 e. The lowest BCUT2D eigenvalue weighted by Gasteiger charge is -2.17. The summed E-state index contributed by atoms with van der Waals surface area (Å²) < 4.78 is 68.2. The Kier molecular flexibility index (Phi) is 6.40. The molecule has 0 aliphatic rings. The molecular weight excluding hydrogens is 497 g/mol. The van der Waals surface area contributed by atoms with Gasteiger partial charge in [-0.1, -0.05) is 50.2 Å². The molecule has 7 nitrogen and oxygen atoms in total. The lowest BCUT2D eigenvalue weighted by Crippen LogP contribution is -2.22. The average Bonchev–Trinajstić information content (AvgIpc) is 3.23. The van der Waals surface area contributed by atoms with E-state index >= 15 is 0 Å². The summed E-state index contributed by atoms with van der Waals surface area (Å²) in [5.74, 6) is -1.44. The first kappa shape index (κ1) is 25.4. The minimum Gasteiger partial charge on any atom is -0.545 e. The Morgan fingerprint density at radius 1 is 1.03 bits per heavy atom. The molecule has 0 radical (unpaired) electrons. The molecule has 2 aromatic heterocycles. The number of hydrogen-bond acceptors (Lipinski definition) is 6. The van der Waals surface area contributed by atoms with E-state index in [1.807, 2.05) is 13.8 Å². The second kappa shape index (κ2) is 9.07. The monoisotopic (exact) mass is 517 g/mol. The molecule has 2 aromatic carbocycles. The molecule has 1 N–H and O–H groups in total. The maximum Gasteiger partial charge on any atom is 0.417 e. The van der Waals surface area contributed by atoms with Crippen molar-refractivity contribution < 1.29 is 36.6 Å². The summed E-state index contributed by atoms with van der Waals surface area (Å²) >= 11 is 0. The highest BCUT2D eigenvalue weighted by molar-refractivity contribution is 7.90. The lowest BCUT2D eigenvalue weighted by atomic mass is 10.0. The van der Waals surface area contributed by atoms with Gasteiger partial charge in [0.2, 0.25) is 0 Å². The molecule has 0 aliphatic heterocycles. The van der Waals surface area contributed by atoms with Gasteiger partial charge in [0, 0.05) is 11.6 Å². The van der Waals surface area contributed by atoms with E-state index < -0.39 is 33.8 Å². The van der Waals surface area contributed by atoms with E-state index in [0.717, 1.165) is 21.7 Å². The van der Waals surface area contributed by atoms with Gasteiger partial charge in [-0.2, -0.15) is 13.2 Å². The molecule has 1 atom stereocenters. The fraction of sp³-hybridized carbons (Fsp3) is 0.200. The summed E-state index contributed by atoms with van der Waals surface area (Å²) in [6, 6.07) is 12.9. The molecule has 4 aromatic rings. The number of benzene rings is 2.